The number of ether oxygens (including phenoxy) is 3. The van der Waals surface area contributed by atoms with Crippen molar-refractivity contribution in [2.75, 3.05) is 13.1 Å². The number of amides is 1. The summed E-state index contributed by atoms with van der Waals surface area (Å²) < 4.78 is 17.3. The molecule has 1 saturated heterocycles. The van der Waals surface area contributed by atoms with Crippen LogP contribution in [0.5, 0.6) is 17.4 Å². The van der Waals surface area contributed by atoms with E-state index in [1.807, 2.05) is 57.2 Å². The highest BCUT2D eigenvalue weighted by molar-refractivity contribution is 5.68. The van der Waals surface area contributed by atoms with Crippen molar-refractivity contribution in [3.8, 4) is 17.4 Å². The SMILES string of the molecule is CC(C)(C)OC(=O)N1CCC(Oc2cccc(Oc3ccccn3)c2)CC1. The van der Waals surface area contributed by atoms with Gasteiger partial charge in [-0.25, -0.2) is 9.78 Å². The molecule has 1 amide bonds. The van der Waals surface area contributed by atoms with Gasteiger partial charge in [-0.15, -0.1) is 0 Å². The maximum Gasteiger partial charge on any atom is 0.410 e. The van der Waals surface area contributed by atoms with E-state index in [2.05, 4.69) is 4.98 Å². The highest BCUT2D eigenvalue weighted by Gasteiger charge is 2.27. The molecule has 0 unspecified atom stereocenters. The molecular weight excluding hydrogens is 344 g/mol. The van der Waals surface area contributed by atoms with Gasteiger partial charge in [-0.2, -0.15) is 0 Å². The zero-order valence-electron chi connectivity index (χ0n) is 16.1. The van der Waals surface area contributed by atoms with E-state index in [0.717, 1.165) is 18.6 Å². The smallest absolute Gasteiger partial charge is 0.410 e. The lowest BCUT2D eigenvalue weighted by molar-refractivity contribution is 0.0126. The van der Waals surface area contributed by atoms with Gasteiger partial charge in [0.05, 0.1) is 0 Å². The number of benzene rings is 1. The Labute approximate surface area is 160 Å². The zero-order valence-corrected chi connectivity index (χ0v) is 16.1. The topological polar surface area (TPSA) is 60.9 Å². The predicted octanol–water partition coefficient (Wildman–Crippen LogP) is 4.65. The fraction of sp³-hybridized carbons (Fsp3) is 0.429. The Kier molecular flexibility index (Phi) is 5.84. The Hall–Kier alpha value is -2.76. The normalized spacial score (nSPS) is 15.3. The lowest BCUT2D eigenvalue weighted by Crippen LogP contribution is -2.44. The van der Waals surface area contributed by atoms with Gasteiger partial charge in [0, 0.05) is 44.3 Å². The Morgan fingerprint density at radius 1 is 1.07 bits per heavy atom. The summed E-state index contributed by atoms with van der Waals surface area (Å²) in [6, 6.07) is 13.0. The summed E-state index contributed by atoms with van der Waals surface area (Å²) in [5.74, 6) is 1.97. The summed E-state index contributed by atoms with van der Waals surface area (Å²) in [4.78, 5) is 18.0. The highest BCUT2D eigenvalue weighted by atomic mass is 16.6. The first-order valence-corrected chi connectivity index (χ1v) is 9.22. The molecule has 144 valence electrons. The summed E-state index contributed by atoms with van der Waals surface area (Å²) in [6.45, 7) is 6.88. The lowest BCUT2D eigenvalue weighted by atomic mass is 10.1. The summed E-state index contributed by atoms with van der Waals surface area (Å²) in [7, 11) is 0. The average molecular weight is 370 g/mol. The zero-order chi connectivity index (χ0) is 19.3. The number of carbonyl (C=O) groups is 1. The molecule has 27 heavy (non-hydrogen) atoms. The molecule has 6 heteroatoms. The lowest BCUT2D eigenvalue weighted by Gasteiger charge is -2.33. The molecule has 1 aliphatic heterocycles. The van der Waals surface area contributed by atoms with Crippen LogP contribution in [0, 0.1) is 0 Å². The largest absolute Gasteiger partial charge is 0.490 e. The second kappa shape index (κ2) is 8.29. The van der Waals surface area contributed by atoms with E-state index < -0.39 is 5.60 Å². The highest BCUT2D eigenvalue weighted by Crippen LogP contribution is 2.26. The molecule has 1 aromatic heterocycles. The first-order chi connectivity index (χ1) is 12.9. The third-order valence-electron chi connectivity index (χ3n) is 4.06. The minimum absolute atomic E-state index is 0.0637. The molecule has 0 aliphatic carbocycles. The Balaban J connectivity index is 1.52. The van der Waals surface area contributed by atoms with Crippen LogP contribution in [-0.4, -0.2) is 40.8 Å². The van der Waals surface area contributed by atoms with Crippen molar-refractivity contribution in [3.05, 3.63) is 48.7 Å². The van der Waals surface area contributed by atoms with E-state index in [4.69, 9.17) is 14.2 Å². The van der Waals surface area contributed by atoms with Crippen LogP contribution in [0.15, 0.2) is 48.7 Å². The fourth-order valence-corrected chi connectivity index (χ4v) is 2.81. The van der Waals surface area contributed by atoms with E-state index in [9.17, 15) is 4.79 Å². The van der Waals surface area contributed by atoms with Gasteiger partial charge in [-0.3, -0.25) is 0 Å². The molecule has 1 aromatic carbocycles. The number of hydrogen-bond acceptors (Lipinski definition) is 5. The van der Waals surface area contributed by atoms with Crippen molar-refractivity contribution in [1.29, 1.82) is 0 Å². The minimum Gasteiger partial charge on any atom is -0.490 e. The number of rotatable bonds is 4. The Morgan fingerprint density at radius 2 is 1.81 bits per heavy atom. The second-order valence-electron chi connectivity index (χ2n) is 7.53. The first-order valence-electron chi connectivity index (χ1n) is 9.22. The molecule has 0 saturated carbocycles. The van der Waals surface area contributed by atoms with Gasteiger partial charge in [0.2, 0.25) is 5.88 Å². The summed E-state index contributed by atoms with van der Waals surface area (Å²) in [5.41, 5.74) is -0.474. The van der Waals surface area contributed by atoms with E-state index >= 15 is 0 Å². The number of hydrogen-bond donors (Lipinski definition) is 0. The van der Waals surface area contributed by atoms with E-state index in [0.29, 0.717) is 24.7 Å². The molecule has 2 aromatic rings. The van der Waals surface area contributed by atoms with Gasteiger partial charge < -0.3 is 19.1 Å². The van der Waals surface area contributed by atoms with Crippen molar-refractivity contribution >= 4 is 6.09 Å². The van der Waals surface area contributed by atoms with Gasteiger partial charge in [0.1, 0.15) is 23.2 Å². The molecule has 2 heterocycles. The molecule has 3 rings (SSSR count). The number of aromatic nitrogens is 1. The third kappa shape index (κ3) is 5.88. The number of nitrogens with zero attached hydrogens (tertiary/aromatic N) is 2. The van der Waals surface area contributed by atoms with Crippen LogP contribution in [-0.2, 0) is 4.74 Å². The number of carbonyl (C=O) groups excluding carboxylic acids is 1. The number of piperidine rings is 1. The molecule has 6 nitrogen and oxygen atoms in total. The molecule has 0 atom stereocenters. The maximum atomic E-state index is 12.1. The van der Waals surface area contributed by atoms with Gasteiger partial charge in [-0.05, 0) is 39.0 Å². The van der Waals surface area contributed by atoms with Crippen LogP contribution < -0.4 is 9.47 Å². The van der Waals surface area contributed by atoms with Crippen LogP contribution in [0.2, 0.25) is 0 Å². The molecule has 1 aliphatic rings. The van der Waals surface area contributed by atoms with Gasteiger partial charge in [0.25, 0.3) is 0 Å². The van der Waals surface area contributed by atoms with Crippen molar-refractivity contribution in [3.63, 3.8) is 0 Å². The van der Waals surface area contributed by atoms with Crippen molar-refractivity contribution < 1.29 is 19.0 Å². The maximum absolute atomic E-state index is 12.1. The molecule has 0 bridgehead atoms. The number of likely N-dealkylation sites (tertiary alicyclic amines) is 1. The second-order valence-corrected chi connectivity index (χ2v) is 7.53. The van der Waals surface area contributed by atoms with Gasteiger partial charge >= 0.3 is 6.09 Å². The monoisotopic (exact) mass is 370 g/mol. The molecule has 1 fully saturated rings. The van der Waals surface area contributed by atoms with Crippen LogP contribution in [0.4, 0.5) is 4.79 Å². The van der Waals surface area contributed by atoms with E-state index in [-0.39, 0.29) is 12.2 Å². The molecule has 0 spiro atoms. The van der Waals surface area contributed by atoms with Crippen molar-refractivity contribution in [2.24, 2.45) is 0 Å². The van der Waals surface area contributed by atoms with E-state index in [1.165, 1.54) is 0 Å². The average Bonchev–Trinajstić information content (AvgIpc) is 2.62. The number of pyridine rings is 1. The standard InChI is InChI=1S/C21H26N2O4/c1-21(2,3)27-20(24)23-13-10-16(11-14-23)25-17-7-6-8-18(15-17)26-19-9-4-5-12-22-19/h4-9,12,15-16H,10-11,13-14H2,1-3H3. The summed E-state index contributed by atoms with van der Waals surface area (Å²) in [6.07, 6.45) is 3.03. The van der Waals surface area contributed by atoms with Gasteiger partial charge in [0.15, 0.2) is 0 Å². The molecule has 0 N–H and O–H groups in total. The fourth-order valence-electron chi connectivity index (χ4n) is 2.81. The van der Waals surface area contributed by atoms with E-state index in [1.54, 1.807) is 17.2 Å². The van der Waals surface area contributed by atoms with Crippen molar-refractivity contribution in [1.82, 2.24) is 9.88 Å². The predicted molar refractivity (Wildman–Crippen MR) is 102 cm³/mol. The summed E-state index contributed by atoms with van der Waals surface area (Å²) >= 11 is 0. The summed E-state index contributed by atoms with van der Waals surface area (Å²) in [5, 5.41) is 0. The van der Waals surface area contributed by atoms with Crippen LogP contribution in [0.1, 0.15) is 33.6 Å². The van der Waals surface area contributed by atoms with Gasteiger partial charge in [-0.1, -0.05) is 12.1 Å². The van der Waals surface area contributed by atoms with Crippen LogP contribution in [0.3, 0.4) is 0 Å². The Bertz CT molecular complexity index is 750. The Morgan fingerprint density at radius 3 is 2.48 bits per heavy atom. The molecule has 0 radical (unpaired) electrons. The van der Waals surface area contributed by atoms with Crippen molar-refractivity contribution in [2.45, 2.75) is 45.3 Å². The molecular formula is C21H26N2O4. The van der Waals surface area contributed by atoms with Crippen LogP contribution >= 0.6 is 0 Å². The third-order valence-corrected chi connectivity index (χ3v) is 4.06. The van der Waals surface area contributed by atoms with Crippen LogP contribution in [0.25, 0.3) is 0 Å². The quantitative estimate of drug-likeness (QED) is 0.784. The minimum atomic E-state index is -0.474. The first kappa shape index (κ1) is 19.0.